The van der Waals surface area contributed by atoms with Gasteiger partial charge in [-0.3, -0.25) is 0 Å². The van der Waals surface area contributed by atoms with Gasteiger partial charge in [0.1, 0.15) is 0 Å². The largest absolute Gasteiger partial charge is 0.304 e. The van der Waals surface area contributed by atoms with E-state index in [-0.39, 0.29) is 0 Å². The molecule has 0 saturated heterocycles. The van der Waals surface area contributed by atoms with Crippen LogP contribution >= 0.6 is 11.8 Å². The van der Waals surface area contributed by atoms with Crippen LogP contribution in [-0.4, -0.2) is 29.8 Å². The summed E-state index contributed by atoms with van der Waals surface area (Å²) in [5, 5.41) is 0.831. The number of hydrogen-bond acceptors (Lipinski definition) is 2. The first-order valence-electron chi connectivity index (χ1n) is 10.8. The van der Waals surface area contributed by atoms with Crippen molar-refractivity contribution in [3.05, 3.63) is 65.7 Å². The number of thioether (sulfide) groups is 1. The molecule has 1 saturated carbocycles. The van der Waals surface area contributed by atoms with Crippen molar-refractivity contribution in [1.29, 1.82) is 0 Å². The second-order valence-electron chi connectivity index (χ2n) is 7.73. The summed E-state index contributed by atoms with van der Waals surface area (Å²) >= 11 is 2.10. The van der Waals surface area contributed by atoms with Crippen LogP contribution in [0.15, 0.2) is 59.5 Å². The van der Waals surface area contributed by atoms with E-state index < -0.39 is 0 Å². The van der Waals surface area contributed by atoms with Crippen LogP contribution in [0.1, 0.15) is 69.4 Å². The maximum atomic E-state index is 2.53. The molecule has 146 valence electrons. The molecule has 1 unspecified atom stereocenters. The highest BCUT2D eigenvalue weighted by molar-refractivity contribution is 8.00. The summed E-state index contributed by atoms with van der Waals surface area (Å²) in [4.78, 5) is 3.98. The molecule has 2 aromatic carbocycles. The molecule has 2 aromatic rings. The Balaban J connectivity index is 1.71. The average Bonchev–Trinajstić information content (AvgIpc) is 2.74. The molecule has 0 heterocycles. The first-order valence-corrected chi connectivity index (χ1v) is 11.7. The van der Waals surface area contributed by atoms with Crippen LogP contribution in [0.5, 0.6) is 0 Å². The fourth-order valence-electron chi connectivity index (χ4n) is 4.22. The molecule has 1 fully saturated rings. The summed E-state index contributed by atoms with van der Waals surface area (Å²) in [5.41, 5.74) is 2.90. The Morgan fingerprint density at radius 1 is 0.852 bits per heavy atom. The van der Waals surface area contributed by atoms with Crippen molar-refractivity contribution in [3.63, 3.8) is 0 Å². The zero-order valence-electron chi connectivity index (χ0n) is 17.1. The molecule has 0 radical (unpaired) electrons. The Bertz CT molecular complexity index is 642. The van der Waals surface area contributed by atoms with E-state index in [1.54, 1.807) is 0 Å². The molecule has 1 nitrogen and oxygen atoms in total. The highest BCUT2D eigenvalue weighted by atomic mass is 32.2. The standard InChI is InChI=1S/C25H35NS/c1-3-26(4-2)20-19-25(21-11-7-5-8-12-21)22-15-17-24(18-16-22)27-23-13-9-6-10-14-23/h5,7-8,11-12,15-18,23,25H,3-4,6,9-10,13-14,19-20H2,1-2H3. The summed E-state index contributed by atoms with van der Waals surface area (Å²) in [6.45, 7) is 7.95. The van der Waals surface area contributed by atoms with Crippen molar-refractivity contribution in [3.8, 4) is 0 Å². The third-order valence-electron chi connectivity index (χ3n) is 5.97. The van der Waals surface area contributed by atoms with Gasteiger partial charge in [-0.2, -0.15) is 0 Å². The molecule has 0 aliphatic heterocycles. The van der Waals surface area contributed by atoms with Gasteiger partial charge in [0.05, 0.1) is 0 Å². The molecule has 0 aromatic heterocycles. The molecule has 3 rings (SSSR count). The molecule has 1 atom stereocenters. The molecule has 0 amide bonds. The van der Waals surface area contributed by atoms with Crippen LogP contribution in [0.2, 0.25) is 0 Å². The first kappa shape index (κ1) is 20.5. The van der Waals surface area contributed by atoms with E-state index in [0.29, 0.717) is 5.92 Å². The Hall–Kier alpha value is -1.25. The van der Waals surface area contributed by atoms with E-state index in [0.717, 1.165) is 24.9 Å². The number of nitrogens with zero attached hydrogens (tertiary/aromatic N) is 1. The van der Waals surface area contributed by atoms with Crippen molar-refractivity contribution in [2.24, 2.45) is 0 Å². The van der Waals surface area contributed by atoms with E-state index in [9.17, 15) is 0 Å². The van der Waals surface area contributed by atoms with E-state index in [2.05, 4.69) is 85.1 Å². The highest BCUT2D eigenvalue weighted by Crippen LogP contribution is 2.35. The van der Waals surface area contributed by atoms with Gasteiger partial charge in [0, 0.05) is 16.1 Å². The summed E-state index contributed by atoms with van der Waals surface area (Å²) < 4.78 is 0. The van der Waals surface area contributed by atoms with Gasteiger partial charge in [0.25, 0.3) is 0 Å². The van der Waals surface area contributed by atoms with Gasteiger partial charge in [-0.05, 0) is 62.2 Å². The molecule has 0 spiro atoms. The van der Waals surface area contributed by atoms with Gasteiger partial charge in [-0.25, -0.2) is 0 Å². The fourth-order valence-corrected chi connectivity index (χ4v) is 5.46. The summed E-state index contributed by atoms with van der Waals surface area (Å²) in [5.74, 6) is 0.487. The van der Waals surface area contributed by atoms with Gasteiger partial charge in [0.2, 0.25) is 0 Å². The van der Waals surface area contributed by atoms with Crippen LogP contribution in [0.25, 0.3) is 0 Å². The molecule has 0 N–H and O–H groups in total. The lowest BCUT2D eigenvalue weighted by molar-refractivity contribution is 0.294. The van der Waals surface area contributed by atoms with Crippen molar-refractivity contribution < 1.29 is 0 Å². The molecule has 1 aliphatic rings. The molecular formula is C25H35NS. The van der Waals surface area contributed by atoms with Gasteiger partial charge in [-0.1, -0.05) is 75.6 Å². The smallest absolute Gasteiger partial charge is 0.0101 e. The molecule has 27 heavy (non-hydrogen) atoms. The van der Waals surface area contributed by atoms with Crippen LogP contribution in [0, 0.1) is 0 Å². The van der Waals surface area contributed by atoms with Gasteiger partial charge in [0.15, 0.2) is 0 Å². The average molecular weight is 382 g/mol. The lowest BCUT2D eigenvalue weighted by atomic mass is 9.88. The Morgan fingerprint density at radius 2 is 1.48 bits per heavy atom. The molecule has 0 bridgehead atoms. The Kier molecular flexibility index (Phi) is 8.29. The molecule has 1 aliphatic carbocycles. The monoisotopic (exact) mass is 381 g/mol. The predicted octanol–water partition coefficient (Wildman–Crippen LogP) is 6.98. The van der Waals surface area contributed by atoms with E-state index >= 15 is 0 Å². The third kappa shape index (κ3) is 6.12. The lowest BCUT2D eigenvalue weighted by Crippen LogP contribution is -2.25. The van der Waals surface area contributed by atoms with E-state index in [1.807, 2.05) is 0 Å². The van der Waals surface area contributed by atoms with Crippen molar-refractivity contribution in [1.82, 2.24) is 4.90 Å². The minimum atomic E-state index is 0.487. The highest BCUT2D eigenvalue weighted by Gasteiger charge is 2.17. The second-order valence-corrected chi connectivity index (χ2v) is 9.10. The van der Waals surface area contributed by atoms with Crippen LogP contribution in [-0.2, 0) is 0 Å². The molecular weight excluding hydrogens is 346 g/mol. The van der Waals surface area contributed by atoms with Crippen LogP contribution in [0.3, 0.4) is 0 Å². The second kappa shape index (κ2) is 10.9. The van der Waals surface area contributed by atoms with Crippen LogP contribution < -0.4 is 0 Å². The summed E-state index contributed by atoms with van der Waals surface area (Å²) in [6.07, 6.45) is 8.22. The van der Waals surface area contributed by atoms with Crippen molar-refractivity contribution in [2.75, 3.05) is 19.6 Å². The van der Waals surface area contributed by atoms with Crippen molar-refractivity contribution in [2.45, 2.75) is 68.4 Å². The van der Waals surface area contributed by atoms with E-state index in [1.165, 1.54) is 54.5 Å². The number of hydrogen-bond donors (Lipinski definition) is 0. The first-order chi connectivity index (χ1) is 13.3. The summed E-state index contributed by atoms with van der Waals surface area (Å²) in [7, 11) is 0. The maximum Gasteiger partial charge on any atom is 0.0101 e. The quantitative estimate of drug-likeness (QED) is 0.461. The lowest BCUT2D eigenvalue weighted by Gasteiger charge is -2.24. The van der Waals surface area contributed by atoms with Gasteiger partial charge >= 0.3 is 0 Å². The predicted molar refractivity (Wildman–Crippen MR) is 120 cm³/mol. The van der Waals surface area contributed by atoms with Crippen molar-refractivity contribution >= 4 is 11.8 Å². The maximum absolute atomic E-state index is 2.53. The van der Waals surface area contributed by atoms with E-state index in [4.69, 9.17) is 0 Å². The normalized spacial score (nSPS) is 16.6. The Labute approximate surface area is 170 Å². The zero-order valence-corrected chi connectivity index (χ0v) is 17.9. The topological polar surface area (TPSA) is 3.24 Å². The van der Waals surface area contributed by atoms with Gasteiger partial charge < -0.3 is 4.90 Å². The minimum Gasteiger partial charge on any atom is -0.304 e. The zero-order chi connectivity index (χ0) is 18.9. The SMILES string of the molecule is CCN(CC)CCC(c1ccccc1)c1ccc(SC2CCCCC2)cc1. The van der Waals surface area contributed by atoms with Gasteiger partial charge in [-0.15, -0.1) is 11.8 Å². The summed E-state index contributed by atoms with van der Waals surface area (Å²) in [6, 6.07) is 20.5. The Morgan fingerprint density at radius 3 is 2.11 bits per heavy atom. The molecule has 2 heteroatoms. The number of benzene rings is 2. The number of rotatable bonds is 9. The third-order valence-corrected chi connectivity index (χ3v) is 7.32. The van der Waals surface area contributed by atoms with Crippen LogP contribution in [0.4, 0.5) is 0 Å². The minimum absolute atomic E-state index is 0.487. The fraction of sp³-hybridized carbons (Fsp3) is 0.520.